The van der Waals surface area contributed by atoms with Crippen molar-refractivity contribution < 1.29 is 9.84 Å². The molecule has 20 heavy (non-hydrogen) atoms. The maximum absolute atomic E-state index is 9.84. The molecule has 0 aromatic heterocycles. The highest BCUT2D eigenvalue weighted by atomic mass is 16.5. The summed E-state index contributed by atoms with van der Waals surface area (Å²) in [5, 5.41) is 13.1. The van der Waals surface area contributed by atoms with Gasteiger partial charge in [0.15, 0.2) is 0 Å². The Morgan fingerprint density at radius 1 is 1.20 bits per heavy atom. The molecular weight excluding hydrogens is 250 g/mol. The lowest BCUT2D eigenvalue weighted by atomic mass is 10.1. The molecular formula is C17H27NO2. The van der Waals surface area contributed by atoms with E-state index in [0.717, 1.165) is 32.2 Å². The number of hydrogen-bond donors (Lipinski definition) is 2. The zero-order valence-corrected chi connectivity index (χ0v) is 12.3. The lowest BCUT2D eigenvalue weighted by Crippen LogP contribution is -2.32. The second kappa shape index (κ2) is 9.11. The summed E-state index contributed by atoms with van der Waals surface area (Å²) in [7, 11) is 0. The monoisotopic (exact) mass is 277 g/mol. The first-order valence-electron chi connectivity index (χ1n) is 7.89. The maximum Gasteiger partial charge on any atom is 0.0897 e. The summed E-state index contributed by atoms with van der Waals surface area (Å²) in [6.45, 7) is 2.03. The first kappa shape index (κ1) is 15.5. The van der Waals surface area contributed by atoms with E-state index in [4.69, 9.17) is 4.74 Å². The van der Waals surface area contributed by atoms with Gasteiger partial charge in [-0.05, 0) is 37.8 Å². The smallest absolute Gasteiger partial charge is 0.0897 e. The van der Waals surface area contributed by atoms with Crippen LogP contribution in [0.5, 0.6) is 0 Å². The van der Waals surface area contributed by atoms with Crippen LogP contribution in [0.2, 0.25) is 0 Å². The Hall–Kier alpha value is -0.900. The van der Waals surface area contributed by atoms with E-state index in [1.165, 1.54) is 18.4 Å². The van der Waals surface area contributed by atoms with Crippen LogP contribution in [0.15, 0.2) is 30.3 Å². The standard InChI is InChI=1S/C17H27NO2/c19-16(14-20-17-10-4-5-11-17)13-18-12-6-9-15-7-2-1-3-8-15/h1-3,7-8,16-19H,4-6,9-14H2. The molecule has 1 aromatic rings. The molecule has 0 bridgehead atoms. The van der Waals surface area contributed by atoms with Crippen LogP contribution in [0.25, 0.3) is 0 Å². The van der Waals surface area contributed by atoms with E-state index in [2.05, 4.69) is 29.6 Å². The minimum absolute atomic E-state index is 0.382. The van der Waals surface area contributed by atoms with Crippen LogP contribution < -0.4 is 5.32 Å². The Kier molecular flexibility index (Phi) is 7.06. The Morgan fingerprint density at radius 2 is 1.95 bits per heavy atom. The van der Waals surface area contributed by atoms with Crippen molar-refractivity contribution in [3.05, 3.63) is 35.9 Å². The minimum Gasteiger partial charge on any atom is -0.389 e. The van der Waals surface area contributed by atoms with E-state index < -0.39 is 0 Å². The van der Waals surface area contributed by atoms with Crippen molar-refractivity contribution >= 4 is 0 Å². The molecule has 2 rings (SSSR count). The predicted molar refractivity (Wildman–Crippen MR) is 81.8 cm³/mol. The van der Waals surface area contributed by atoms with Gasteiger partial charge in [-0.1, -0.05) is 43.2 Å². The number of hydrogen-bond acceptors (Lipinski definition) is 3. The summed E-state index contributed by atoms with van der Waals surface area (Å²) in [6, 6.07) is 10.5. The fraction of sp³-hybridized carbons (Fsp3) is 0.647. The Balaban J connectivity index is 1.46. The first-order valence-corrected chi connectivity index (χ1v) is 7.89. The number of aryl methyl sites for hydroxylation is 1. The predicted octanol–water partition coefficient (Wildman–Crippen LogP) is 2.53. The van der Waals surface area contributed by atoms with Gasteiger partial charge in [-0.15, -0.1) is 0 Å². The molecule has 112 valence electrons. The van der Waals surface area contributed by atoms with Crippen LogP contribution in [0, 0.1) is 0 Å². The fourth-order valence-electron chi connectivity index (χ4n) is 2.69. The molecule has 3 heteroatoms. The molecule has 1 aliphatic carbocycles. The summed E-state index contributed by atoms with van der Waals surface area (Å²) < 4.78 is 5.70. The molecule has 0 spiro atoms. The van der Waals surface area contributed by atoms with E-state index in [9.17, 15) is 5.11 Å². The van der Waals surface area contributed by atoms with E-state index in [0.29, 0.717) is 19.3 Å². The van der Waals surface area contributed by atoms with Crippen molar-refractivity contribution in [2.24, 2.45) is 0 Å². The maximum atomic E-state index is 9.84. The molecule has 1 atom stereocenters. The highest BCUT2D eigenvalue weighted by Crippen LogP contribution is 2.20. The molecule has 1 aliphatic rings. The van der Waals surface area contributed by atoms with Gasteiger partial charge in [0.25, 0.3) is 0 Å². The highest BCUT2D eigenvalue weighted by Gasteiger charge is 2.16. The minimum atomic E-state index is -0.382. The van der Waals surface area contributed by atoms with Gasteiger partial charge in [-0.25, -0.2) is 0 Å². The second-order valence-corrected chi connectivity index (χ2v) is 5.69. The van der Waals surface area contributed by atoms with Crippen LogP contribution >= 0.6 is 0 Å². The van der Waals surface area contributed by atoms with Crippen molar-refractivity contribution in [2.75, 3.05) is 19.7 Å². The number of ether oxygens (including phenoxy) is 1. The number of benzene rings is 1. The highest BCUT2D eigenvalue weighted by molar-refractivity contribution is 5.14. The van der Waals surface area contributed by atoms with E-state index in [-0.39, 0.29) is 6.10 Å². The van der Waals surface area contributed by atoms with E-state index in [1.807, 2.05) is 6.07 Å². The zero-order valence-electron chi connectivity index (χ0n) is 12.3. The quantitative estimate of drug-likeness (QED) is 0.682. The van der Waals surface area contributed by atoms with Crippen LogP contribution in [-0.2, 0) is 11.2 Å². The van der Waals surface area contributed by atoms with Crippen LogP contribution in [-0.4, -0.2) is 37.0 Å². The molecule has 0 amide bonds. The van der Waals surface area contributed by atoms with Crippen molar-refractivity contribution in [3.63, 3.8) is 0 Å². The number of aliphatic hydroxyl groups excluding tert-OH is 1. The molecule has 0 saturated heterocycles. The summed E-state index contributed by atoms with van der Waals surface area (Å²) in [4.78, 5) is 0. The molecule has 0 heterocycles. The normalized spacial score (nSPS) is 17.4. The molecule has 1 fully saturated rings. The van der Waals surface area contributed by atoms with Crippen molar-refractivity contribution in [1.29, 1.82) is 0 Å². The average molecular weight is 277 g/mol. The van der Waals surface area contributed by atoms with Crippen molar-refractivity contribution in [1.82, 2.24) is 5.32 Å². The largest absolute Gasteiger partial charge is 0.389 e. The van der Waals surface area contributed by atoms with E-state index in [1.54, 1.807) is 0 Å². The Labute approximate surface area is 122 Å². The summed E-state index contributed by atoms with van der Waals surface area (Å²) in [6.07, 6.45) is 7.07. The van der Waals surface area contributed by atoms with Gasteiger partial charge in [-0.2, -0.15) is 0 Å². The molecule has 0 aliphatic heterocycles. The second-order valence-electron chi connectivity index (χ2n) is 5.69. The number of rotatable bonds is 9. The van der Waals surface area contributed by atoms with Gasteiger partial charge < -0.3 is 15.2 Å². The first-order chi connectivity index (χ1) is 9.84. The lowest BCUT2D eigenvalue weighted by molar-refractivity contribution is -0.00534. The van der Waals surface area contributed by atoms with Gasteiger partial charge in [0.1, 0.15) is 0 Å². The van der Waals surface area contributed by atoms with Crippen LogP contribution in [0.3, 0.4) is 0 Å². The molecule has 3 nitrogen and oxygen atoms in total. The molecule has 2 N–H and O–H groups in total. The summed E-state index contributed by atoms with van der Waals surface area (Å²) >= 11 is 0. The Bertz CT molecular complexity index is 349. The molecule has 0 radical (unpaired) electrons. The van der Waals surface area contributed by atoms with E-state index >= 15 is 0 Å². The van der Waals surface area contributed by atoms with Gasteiger partial charge in [-0.3, -0.25) is 0 Å². The third-order valence-corrected chi connectivity index (χ3v) is 3.87. The zero-order chi connectivity index (χ0) is 14.0. The van der Waals surface area contributed by atoms with Crippen molar-refractivity contribution in [2.45, 2.75) is 50.7 Å². The van der Waals surface area contributed by atoms with Crippen LogP contribution in [0.1, 0.15) is 37.7 Å². The number of nitrogens with one attached hydrogen (secondary N) is 1. The average Bonchev–Trinajstić information content (AvgIpc) is 2.99. The van der Waals surface area contributed by atoms with Gasteiger partial charge >= 0.3 is 0 Å². The van der Waals surface area contributed by atoms with Crippen molar-refractivity contribution in [3.8, 4) is 0 Å². The molecule has 1 aromatic carbocycles. The third kappa shape index (κ3) is 6.04. The van der Waals surface area contributed by atoms with Gasteiger partial charge in [0, 0.05) is 6.54 Å². The number of aliphatic hydroxyl groups is 1. The molecule has 1 saturated carbocycles. The SMILES string of the molecule is OC(CNCCCc1ccccc1)COC1CCCC1. The Morgan fingerprint density at radius 3 is 2.70 bits per heavy atom. The molecule has 1 unspecified atom stereocenters. The fourth-order valence-corrected chi connectivity index (χ4v) is 2.69. The van der Waals surface area contributed by atoms with Crippen LogP contribution in [0.4, 0.5) is 0 Å². The summed E-state index contributed by atoms with van der Waals surface area (Å²) in [5.41, 5.74) is 1.37. The topological polar surface area (TPSA) is 41.5 Å². The summed E-state index contributed by atoms with van der Waals surface area (Å²) in [5.74, 6) is 0. The van der Waals surface area contributed by atoms with Gasteiger partial charge in [0.05, 0.1) is 18.8 Å². The lowest BCUT2D eigenvalue weighted by Gasteiger charge is -2.16. The van der Waals surface area contributed by atoms with Gasteiger partial charge in [0.2, 0.25) is 0 Å². The third-order valence-electron chi connectivity index (χ3n) is 3.87.